The van der Waals surface area contributed by atoms with Crippen molar-refractivity contribution in [2.75, 3.05) is 0 Å². The van der Waals surface area contributed by atoms with E-state index < -0.39 is 0 Å². The summed E-state index contributed by atoms with van der Waals surface area (Å²) in [5.41, 5.74) is 1.33. The van der Waals surface area contributed by atoms with Crippen molar-refractivity contribution >= 4 is 6.21 Å². The van der Waals surface area contributed by atoms with Gasteiger partial charge >= 0.3 is 0 Å². The number of hydrogen-bond donors (Lipinski definition) is 1. The van der Waals surface area contributed by atoms with Gasteiger partial charge in [0.1, 0.15) is 0 Å². The summed E-state index contributed by atoms with van der Waals surface area (Å²) in [6.45, 7) is 4.07. The molecular weight excluding hydrogens is 114 g/mol. The first-order chi connectivity index (χ1) is 4.31. The second kappa shape index (κ2) is 5.35. The molecule has 0 saturated heterocycles. The molecular formula is C7H13NO. The Balaban J connectivity index is 3.28. The molecule has 0 bridgehead atoms. The Morgan fingerprint density at radius 3 is 2.78 bits per heavy atom. The summed E-state index contributed by atoms with van der Waals surface area (Å²) in [5, 5.41) is 10.9. The number of nitrogens with zero attached hydrogens (tertiary/aromatic N) is 1. The maximum atomic E-state index is 8.00. The number of allylic oxidation sites excluding steroid dienone is 2. The van der Waals surface area contributed by atoms with Gasteiger partial charge in [0.25, 0.3) is 0 Å². The van der Waals surface area contributed by atoms with Gasteiger partial charge in [0.15, 0.2) is 0 Å². The molecule has 0 radical (unpaired) electrons. The Morgan fingerprint density at radius 1 is 1.67 bits per heavy atom. The van der Waals surface area contributed by atoms with Gasteiger partial charge in [0.2, 0.25) is 0 Å². The third-order valence-electron chi connectivity index (χ3n) is 1.24. The summed E-state index contributed by atoms with van der Waals surface area (Å²) in [5.74, 6) is 0. The van der Waals surface area contributed by atoms with E-state index in [9.17, 15) is 0 Å². The second-order valence-electron chi connectivity index (χ2n) is 1.97. The summed E-state index contributed by atoms with van der Waals surface area (Å²) < 4.78 is 0. The highest BCUT2D eigenvalue weighted by Crippen LogP contribution is 2.00. The molecule has 0 aromatic carbocycles. The first kappa shape index (κ1) is 8.21. The van der Waals surface area contributed by atoms with Gasteiger partial charge in [0, 0.05) is 6.21 Å². The summed E-state index contributed by atoms with van der Waals surface area (Å²) in [4.78, 5) is 0. The fourth-order valence-electron chi connectivity index (χ4n) is 0.494. The molecule has 2 heteroatoms. The van der Waals surface area contributed by atoms with E-state index in [-0.39, 0.29) is 0 Å². The van der Waals surface area contributed by atoms with Crippen LogP contribution < -0.4 is 0 Å². The molecule has 0 rings (SSSR count). The van der Waals surface area contributed by atoms with Crippen molar-refractivity contribution in [1.29, 1.82) is 0 Å². The predicted octanol–water partition coefficient (Wildman–Crippen LogP) is 2.19. The smallest absolute Gasteiger partial charge is 0.0439 e. The minimum Gasteiger partial charge on any atom is -0.411 e. The lowest BCUT2D eigenvalue weighted by atomic mass is 10.2. The van der Waals surface area contributed by atoms with Crippen LogP contribution in [0, 0.1) is 0 Å². The van der Waals surface area contributed by atoms with Gasteiger partial charge < -0.3 is 5.21 Å². The third kappa shape index (κ3) is 5.07. The van der Waals surface area contributed by atoms with Gasteiger partial charge in [-0.15, -0.1) is 5.16 Å². The standard InChI is InChI=1S/C7H13NO/c1-3-7(2)5-4-6-8-9/h3,6,9H,4-5H2,1-2H3/b7-3+,8-6+. The van der Waals surface area contributed by atoms with Crippen LogP contribution in [-0.2, 0) is 0 Å². The second-order valence-corrected chi connectivity index (χ2v) is 1.97. The molecule has 0 aliphatic heterocycles. The fraction of sp³-hybridized carbons (Fsp3) is 0.571. The highest BCUT2D eigenvalue weighted by atomic mass is 16.4. The van der Waals surface area contributed by atoms with Crippen LogP contribution in [0.2, 0.25) is 0 Å². The lowest BCUT2D eigenvalue weighted by Gasteiger charge is -1.92. The molecule has 1 N–H and O–H groups in total. The van der Waals surface area contributed by atoms with E-state index in [1.807, 2.05) is 6.92 Å². The summed E-state index contributed by atoms with van der Waals surface area (Å²) >= 11 is 0. The van der Waals surface area contributed by atoms with Gasteiger partial charge in [-0.2, -0.15) is 0 Å². The summed E-state index contributed by atoms with van der Waals surface area (Å²) in [7, 11) is 0. The Kier molecular flexibility index (Phi) is 4.88. The Bertz CT molecular complexity index is 116. The van der Waals surface area contributed by atoms with Crippen LogP contribution in [0.4, 0.5) is 0 Å². The monoisotopic (exact) mass is 127 g/mol. The topological polar surface area (TPSA) is 32.6 Å². The quantitative estimate of drug-likeness (QED) is 0.268. The molecule has 0 spiro atoms. The van der Waals surface area contributed by atoms with Crippen LogP contribution in [0.25, 0.3) is 0 Å². The first-order valence-corrected chi connectivity index (χ1v) is 3.09. The maximum absolute atomic E-state index is 8.00. The van der Waals surface area contributed by atoms with Crippen molar-refractivity contribution in [2.45, 2.75) is 26.7 Å². The molecule has 52 valence electrons. The van der Waals surface area contributed by atoms with E-state index in [4.69, 9.17) is 5.21 Å². The van der Waals surface area contributed by atoms with Crippen LogP contribution in [0.3, 0.4) is 0 Å². The molecule has 9 heavy (non-hydrogen) atoms. The van der Waals surface area contributed by atoms with Crippen LogP contribution in [0.5, 0.6) is 0 Å². The van der Waals surface area contributed by atoms with Gasteiger partial charge in [-0.25, -0.2) is 0 Å². The molecule has 0 aliphatic rings. The van der Waals surface area contributed by atoms with E-state index in [0.29, 0.717) is 0 Å². The average Bonchev–Trinajstić information content (AvgIpc) is 1.89. The number of hydrogen-bond acceptors (Lipinski definition) is 2. The normalized spacial score (nSPS) is 12.9. The molecule has 0 aromatic heterocycles. The molecule has 0 amide bonds. The molecule has 0 fully saturated rings. The number of oxime groups is 1. The zero-order valence-electron chi connectivity index (χ0n) is 5.96. The molecule has 0 aliphatic carbocycles. The van der Waals surface area contributed by atoms with Crippen LogP contribution in [0.15, 0.2) is 16.8 Å². The Hall–Kier alpha value is -0.790. The van der Waals surface area contributed by atoms with E-state index in [1.54, 1.807) is 0 Å². The first-order valence-electron chi connectivity index (χ1n) is 3.09. The van der Waals surface area contributed by atoms with Crippen LogP contribution >= 0.6 is 0 Å². The van der Waals surface area contributed by atoms with E-state index in [0.717, 1.165) is 12.8 Å². The minimum atomic E-state index is 0.826. The third-order valence-corrected chi connectivity index (χ3v) is 1.24. The van der Waals surface area contributed by atoms with E-state index in [2.05, 4.69) is 18.2 Å². The lowest BCUT2D eigenvalue weighted by Crippen LogP contribution is -1.78. The van der Waals surface area contributed by atoms with Gasteiger partial charge in [-0.1, -0.05) is 11.6 Å². The predicted molar refractivity (Wildman–Crippen MR) is 38.9 cm³/mol. The summed E-state index contributed by atoms with van der Waals surface area (Å²) in [6.07, 6.45) is 5.38. The van der Waals surface area contributed by atoms with Gasteiger partial charge in [-0.3, -0.25) is 0 Å². The van der Waals surface area contributed by atoms with Crippen molar-refractivity contribution in [3.05, 3.63) is 11.6 Å². The zero-order chi connectivity index (χ0) is 7.11. The van der Waals surface area contributed by atoms with Crippen molar-refractivity contribution in [2.24, 2.45) is 5.16 Å². The average molecular weight is 127 g/mol. The van der Waals surface area contributed by atoms with E-state index in [1.165, 1.54) is 11.8 Å². The SMILES string of the molecule is C/C=C(\C)CC/C=N/O. The molecule has 0 aromatic rings. The van der Waals surface area contributed by atoms with Gasteiger partial charge in [-0.05, 0) is 26.7 Å². The van der Waals surface area contributed by atoms with Gasteiger partial charge in [0.05, 0.1) is 0 Å². The highest BCUT2D eigenvalue weighted by Gasteiger charge is 1.83. The van der Waals surface area contributed by atoms with E-state index >= 15 is 0 Å². The van der Waals surface area contributed by atoms with Crippen LogP contribution in [0.1, 0.15) is 26.7 Å². The number of rotatable bonds is 3. The maximum Gasteiger partial charge on any atom is 0.0439 e. The largest absolute Gasteiger partial charge is 0.411 e. The Labute approximate surface area is 55.9 Å². The molecule has 0 atom stereocenters. The van der Waals surface area contributed by atoms with Crippen molar-refractivity contribution in [3.8, 4) is 0 Å². The molecule has 0 saturated carbocycles. The Morgan fingerprint density at radius 2 is 2.33 bits per heavy atom. The van der Waals surface area contributed by atoms with Crippen molar-refractivity contribution in [1.82, 2.24) is 0 Å². The van der Waals surface area contributed by atoms with Crippen LogP contribution in [-0.4, -0.2) is 11.4 Å². The zero-order valence-corrected chi connectivity index (χ0v) is 5.96. The highest BCUT2D eigenvalue weighted by molar-refractivity contribution is 5.56. The molecule has 2 nitrogen and oxygen atoms in total. The molecule has 0 heterocycles. The van der Waals surface area contributed by atoms with Crippen molar-refractivity contribution < 1.29 is 5.21 Å². The van der Waals surface area contributed by atoms with Crippen molar-refractivity contribution in [3.63, 3.8) is 0 Å². The minimum absolute atomic E-state index is 0.826. The molecule has 0 unspecified atom stereocenters. The fourth-order valence-corrected chi connectivity index (χ4v) is 0.494. The lowest BCUT2D eigenvalue weighted by molar-refractivity contribution is 0.320. The summed E-state index contributed by atoms with van der Waals surface area (Å²) in [6, 6.07) is 0.